The number of aliphatic hydroxyl groups is 1. The molecule has 2 atom stereocenters. The van der Waals surface area contributed by atoms with Crippen LogP contribution in [-0.4, -0.2) is 38.9 Å². The van der Waals surface area contributed by atoms with Gasteiger partial charge in [0.1, 0.15) is 11.6 Å². The molecule has 0 saturated heterocycles. The van der Waals surface area contributed by atoms with Crippen molar-refractivity contribution in [2.75, 3.05) is 11.9 Å². The monoisotopic (exact) mass is 389 g/mol. The van der Waals surface area contributed by atoms with E-state index < -0.39 is 35.6 Å². The molecule has 0 spiro atoms. The van der Waals surface area contributed by atoms with Crippen molar-refractivity contribution in [2.24, 2.45) is 11.7 Å². The predicted octanol–water partition coefficient (Wildman–Crippen LogP) is 0.238. The van der Waals surface area contributed by atoms with Gasteiger partial charge in [-0.1, -0.05) is 17.7 Å². The van der Waals surface area contributed by atoms with Crippen molar-refractivity contribution >= 4 is 23.5 Å². The normalized spacial score (nSPS) is 16.8. The number of aryl methyl sites for hydroxylation is 1. The number of hydrogen-bond donors (Lipinski definition) is 4. The first-order chi connectivity index (χ1) is 13.3. The topological polar surface area (TPSA) is 139 Å². The summed E-state index contributed by atoms with van der Waals surface area (Å²) in [4.78, 5) is 39.5. The van der Waals surface area contributed by atoms with Crippen molar-refractivity contribution in [2.45, 2.75) is 26.0 Å². The van der Waals surface area contributed by atoms with E-state index in [-0.39, 0.29) is 36.6 Å². The molecule has 0 aliphatic carbocycles. The highest BCUT2D eigenvalue weighted by molar-refractivity contribution is 6.02. The SMILES string of the molecule is Cc1ccc(F)c(C(O)CNC(=O)CC2Cn3cnc(C(N)=O)c3NC2=O)c1. The van der Waals surface area contributed by atoms with Gasteiger partial charge in [-0.3, -0.25) is 14.4 Å². The molecule has 2 unspecified atom stereocenters. The Morgan fingerprint density at radius 3 is 2.96 bits per heavy atom. The summed E-state index contributed by atoms with van der Waals surface area (Å²) < 4.78 is 15.3. The molecule has 2 heterocycles. The van der Waals surface area contributed by atoms with Crippen LogP contribution in [0.25, 0.3) is 0 Å². The zero-order valence-corrected chi connectivity index (χ0v) is 15.1. The number of primary amides is 1. The average Bonchev–Trinajstić information content (AvgIpc) is 3.04. The Hall–Kier alpha value is -3.27. The summed E-state index contributed by atoms with van der Waals surface area (Å²) in [7, 11) is 0. The lowest BCUT2D eigenvalue weighted by Crippen LogP contribution is -2.38. The number of amides is 3. The number of imidazole rings is 1. The van der Waals surface area contributed by atoms with Crippen LogP contribution in [0, 0.1) is 18.7 Å². The third-order valence-electron chi connectivity index (χ3n) is 4.54. The second-order valence-corrected chi connectivity index (χ2v) is 6.69. The maximum atomic E-state index is 13.8. The number of hydrogen-bond acceptors (Lipinski definition) is 5. The van der Waals surface area contributed by atoms with Gasteiger partial charge in [-0.25, -0.2) is 9.37 Å². The van der Waals surface area contributed by atoms with Gasteiger partial charge in [0.05, 0.1) is 18.3 Å². The highest BCUT2D eigenvalue weighted by atomic mass is 19.1. The van der Waals surface area contributed by atoms with Crippen LogP contribution in [0.1, 0.15) is 34.1 Å². The van der Waals surface area contributed by atoms with Crippen molar-refractivity contribution in [1.82, 2.24) is 14.9 Å². The van der Waals surface area contributed by atoms with E-state index >= 15 is 0 Å². The number of nitrogens with zero attached hydrogens (tertiary/aromatic N) is 2. The number of benzene rings is 1. The molecule has 2 aromatic rings. The van der Waals surface area contributed by atoms with Gasteiger partial charge >= 0.3 is 0 Å². The molecule has 0 radical (unpaired) electrons. The van der Waals surface area contributed by atoms with Crippen LogP contribution < -0.4 is 16.4 Å². The molecule has 3 rings (SSSR count). The summed E-state index contributed by atoms with van der Waals surface area (Å²) in [5.74, 6) is -2.70. The largest absolute Gasteiger partial charge is 0.386 e. The fourth-order valence-electron chi connectivity index (χ4n) is 3.06. The molecular formula is C18H20FN5O4. The van der Waals surface area contributed by atoms with E-state index in [4.69, 9.17) is 5.73 Å². The lowest BCUT2D eigenvalue weighted by Gasteiger charge is -2.24. The predicted molar refractivity (Wildman–Crippen MR) is 96.6 cm³/mol. The molecule has 3 amide bonds. The Morgan fingerprint density at radius 1 is 1.50 bits per heavy atom. The molecular weight excluding hydrogens is 369 g/mol. The number of fused-ring (bicyclic) bond motifs is 1. The van der Waals surface area contributed by atoms with Gasteiger partial charge in [0.25, 0.3) is 5.91 Å². The molecule has 28 heavy (non-hydrogen) atoms. The average molecular weight is 389 g/mol. The van der Waals surface area contributed by atoms with Crippen LogP contribution in [0.5, 0.6) is 0 Å². The van der Waals surface area contributed by atoms with Gasteiger partial charge in [0.2, 0.25) is 11.8 Å². The highest BCUT2D eigenvalue weighted by Crippen LogP contribution is 2.24. The van der Waals surface area contributed by atoms with Gasteiger partial charge in [0, 0.05) is 25.1 Å². The summed E-state index contributed by atoms with van der Waals surface area (Å²) in [6.45, 7) is 1.74. The van der Waals surface area contributed by atoms with E-state index in [0.717, 1.165) is 5.56 Å². The summed E-state index contributed by atoms with van der Waals surface area (Å²) in [5, 5.41) is 15.2. The first-order valence-corrected chi connectivity index (χ1v) is 8.63. The summed E-state index contributed by atoms with van der Waals surface area (Å²) >= 11 is 0. The minimum atomic E-state index is -1.21. The molecule has 10 heteroatoms. The molecule has 1 aromatic heterocycles. The minimum Gasteiger partial charge on any atom is -0.386 e. The van der Waals surface area contributed by atoms with E-state index in [9.17, 15) is 23.9 Å². The third-order valence-corrected chi connectivity index (χ3v) is 4.54. The zero-order chi connectivity index (χ0) is 20.4. The van der Waals surface area contributed by atoms with Gasteiger partial charge < -0.3 is 26.0 Å². The second-order valence-electron chi connectivity index (χ2n) is 6.69. The van der Waals surface area contributed by atoms with Crippen LogP contribution in [0.4, 0.5) is 10.2 Å². The van der Waals surface area contributed by atoms with E-state index in [2.05, 4.69) is 15.6 Å². The number of halogens is 1. The van der Waals surface area contributed by atoms with Gasteiger partial charge in [0.15, 0.2) is 5.69 Å². The van der Waals surface area contributed by atoms with Crippen molar-refractivity contribution in [3.63, 3.8) is 0 Å². The Balaban J connectivity index is 1.58. The van der Waals surface area contributed by atoms with Crippen LogP contribution in [-0.2, 0) is 16.1 Å². The Bertz CT molecular complexity index is 942. The lowest BCUT2D eigenvalue weighted by atomic mass is 10.0. The van der Waals surface area contributed by atoms with Gasteiger partial charge in [-0.2, -0.15) is 0 Å². The fourth-order valence-corrected chi connectivity index (χ4v) is 3.06. The summed E-state index contributed by atoms with van der Waals surface area (Å²) in [6, 6.07) is 4.35. The van der Waals surface area contributed by atoms with Crippen molar-refractivity contribution in [3.8, 4) is 0 Å². The number of aliphatic hydroxyl groups excluding tert-OH is 1. The van der Waals surface area contributed by atoms with E-state index in [1.165, 1.54) is 23.0 Å². The number of rotatable bonds is 6. The van der Waals surface area contributed by atoms with Crippen molar-refractivity contribution in [3.05, 3.63) is 47.2 Å². The highest BCUT2D eigenvalue weighted by Gasteiger charge is 2.31. The number of aromatic nitrogens is 2. The zero-order valence-electron chi connectivity index (χ0n) is 15.1. The third kappa shape index (κ3) is 4.01. The fraction of sp³-hybridized carbons (Fsp3) is 0.333. The second kappa shape index (κ2) is 7.77. The van der Waals surface area contributed by atoms with E-state index in [1.807, 2.05) is 0 Å². The van der Waals surface area contributed by atoms with Gasteiger partial charge in [-0.15, -0.1) is 0 Å². The maximum absolute atomic E-state index is 13.8. The van der Waals surface area contributed by atoms with E-state index in [0.29, 0.717) is 0 Å². The molecule has 148 valence electrons. The number of nitrogens with two attached hydrogens (primary N) is 1. The van der Waals surface area contributed by atoms with Crippen molar-refractivity contribution < 1.29 is 23.9 Å². The molecule has 1 aliphatic heterocycles. The summed E-state index contributed by atoms with van der Waals surface area (Å²) in [6.07, 6.45) is 0.0185. The Morgan fingerprint density at radius 2 is 2.25 bits per heavy atom. The van der Waals surface area contributed by atoms with Crippen LogP contribution in [0.15, 0.2) is 24.5 Å². The standard InChI is InChI=1S/C18H20FN5O4/c1-9-2-3-12(19)11(4-9)13(25)6-21-14(26)5-10-7-24-8-22-15(16(20)27)17(24)23-18(10)28/h2-4,8,10,13,25H,5-7H2,1H3,(H2,20,27)(H,21,26)(H,23,28). The molecule has 1 aliphatic rings. The molecule has 9 nitrogen and oxygen atoms in total. The Labute approximate surface area is 159 Å². The van der Waals surface area contributed by atoms with E-state index in [1.54, 1.807) is 13.0 Å². The Kier molecular flexibility index (Phi) is 5.41. The molecule has 0 saturated carbocycles. The number of anilines is 1. The van der Waals surface area contributed by atoms with Crippen molar-refractivity contribution in [1.29, 1.82) is 0 Å². The van der Waals surface area contributed by atoms with Crippen LogP contribution in [0.2, 0.25) is 0 Å². The number of carbonyl (C=O) groups excluding carboxylic acids is 3. The minimum absolute atomic E-state index is 0.0421. The maximum Gasteiger partial charge on any atom is 0.271 e. The number of nitrogens with one attached hydrogen (secondary N) is 2. The molecule has 1 aromatic carbocycles. The molecule has 0 fully saturated rings. The van der Waals surface area contributed by atoms with Crippen LogP contribution in [0.3, 0.4) is 0 Å². The van der Waals surface area contributed by atoms with Gasteiger partial charge in [-0.05, 0) is 13.0 Å². The lowest BCUT2D eigenvalue weighted by molar-refractivity contribution is -0.128. The first kappa shape index (κ1) is 19.5. The first-order valence-electron chi connectivity index (χ1n) is 8.63. The summed E-state index contributed by atoms with van der Waals surface area (Å²) in [5.41, 5.74) is 6.04. The number of carbonyl (C=O) groups is 3. The molecule has 5 N–H and O–H groups in total. The van der Waals surface area contributed by atoms with Crippen LogP contribution >= 0.6 is 0 Å². The molecule has 0 bridgehead atoms. The quantitative estimate of drug-likeness (QED) is 0.560. The smallest absolute Gasteiger partial charge is 0.271 e.